The molecule has 2 N–H and O–H groups in total. The first-order chi connectivity index (χ1) is 10.0. The lowest BCUT2D eigenvalue weighted by Crippen LogP contribution is -2.51. The number of anilines is 1. The van der Waals surface area contributed by atoms with Gasteiger partial charge in [-0.05, 0) is 62.2 Å². The van der Waals surface area contributed by atoms with E-state index in [0.717, 1.165) is 42.7 Å². The van der Waals surface area contributed by atoms with Crippen LogP contribution in [0.2, 0.25) is 0 Å². The molecule has 0 unspecified atom stereocenters. The lowest BCUT2D eigenvalue weighted by Gasteiger charge is -2.55. The molecule has 4 fully saturated rings. The van der Waals surface area contributed by atoms with Crippen molar-refractivity contribution in [2.45, 2.75) is 58.3 Å². The number of aromatic nitrogens is 2. The molecule has 4 bridgehead atoms. The van der Waals surface area contributed by atoms with Crippen LogP contribution in [0, 0.1) is 23.2 Å². The first-order valence-corrected chi connectivity index (χ1v) is 8.41. The van der Waals surface area contributed by atoms with Gasteiger partial charge in [0.2, 0.25) is 5.91 Å². The van der Waals surface area contributed by atoms with E-state index in [1.54, 1.807) is 0 Å². The molecule has 4 nitrogen and oxygen atoms in total. The molecule has 1 heterocycles. The van der Waals surface area contributed by atoms with Crippen molar-refractivity contribution in [1.29, 1.82) is 0 Å². The van der Waals surface area contributed by atoms with Crippen LogP contribution in [0.4, 0.5) is 5.82 Å². The van der Waals surface area contributed by atoms with Gasteiger partial charge in [-0.25, -0.2) is 0 Å². The average Bonchev–Trinajstić information content (AvgIpc) is 2.85. The predicted molar refractivity (Wildman–Crippen MR) is 81.9 cm³/mol. The van der Waals surface area contributed by atoms with E-state index in [1.165, 1.54) is 19.3 Å². The molecule has 5 rings (SSSR count). The predicted octanol–water partition coefficient (Wildman–Crippen LogP) is 3.69. The zero-order valence-corrected chi connectivity index (χ0v) is 13.0. The van der Waals surface area contributed by atoms with Gasteiger partial charge in [0.1, 0.15) is 0 Å². The van der Waals surface area contributed by atoms with Gasteiger partial charge in [0, 0.05) is 11.8 Å². The highest BCUT2D eigenvalue weighted by atomic mass is 16.2. The largest absolute Gasteiger partial charge is 0.309 e. The number of rotatable bonds is 3. The second-order valence-electron chi connectivity index (χ2n) is 8.02. The van der Waals surface area contributed by atoms with Gasteiger partial charge < -0.3 is 5.32 Å². The third-order valence-electron chi connectivity index (χ3n) is 5.98. The summed E-state index contributed by atoms with van der Waals surface area (Å²) in [5.41, 5.74) is 0.988. The molecule has 21 heavy (non-hydrogen) atoms. The Balaban J connectivity index is 1.51. The lowest BCUT2D eigenvalue weighted by atomic mass is 9.49. The summed E-state index contributed by atoms with van der Waals surface area (Å²) in [6.45, 7) is 4.25. The summed E-state index contributed by atoms with van der Waals surface area (Å²) >= 11 is 0. The van der Waals surface area contributed by atoms with Crippen molar-refractivity contribution in [2.75, 3.05) is 5.32 Å². The Labute approximate surface area is 126 Å². The minimum absolute atomic E-state index is 0.0916. The quantitative estimate of drug-likeness (QED) is 0.890. The molecule has 0 saturated heterocycles. The summed E-state index contributed by atoms with van der Waals surface area (Å²) in [7, 11) is 0. The fourth-order valence-electron chi connectivity index (χ4n) is 5.33. The third kappa shape index (κ3) is 2.19. The summed E-state index contributed by atoms with van der Waals surface area (Å²) in [5.74, 6) is 3.72. The van der Waals surface area contributed by atoms with Crippen molar-refractivity contribution in [3.63, 3.8) is 0 Å². The molecule has 4 aliphatic carbocycles. The van der Waals surface area contributed by atoms with Gasteiger partial charge >= 0.3 is 0 Å². The van der Waals surface area contributed by atoms with E-state index in [1.807, 2.05) is 6.07 Å². The van der Waals surface area contributed by atoms with Crippen LogP contribution in [0.15, 0.2) is 6.07 Å². The van der Waals surface area contributed by atoms with Crippen LogP contribution < -0.4 is 5.32 Å². The van der Waals surface area contributed by atoms with E-state index in [9.17, 15) is 4.79 Å². The van der Waals surface area contributed by atoms with E-state index in [4.69, 9.17) is 0 Å². The maximum Gasteiger partial charge on any atom is 0.231 e. The van der Waals surface area contributed by atoms with Crippen molar-refractivity contribution in [3.8, 4) is 0 Å². The highest BCUT2D eigenvalue weighted by Crippen LogP contribution is 2.60. The molecule has 114 valence electrons. The second-order valence-corrected chi connectivity index (χ2v) is 8.02. The molecule has 0 radical (unpaired) electrons. The highest BCUT2D eigenvalue weighted by Gasteiger charge is 2.54. The van der Waals surface area contributed by atoms with E-state index in [-0.39, 0.29) is 11.3 Å². The Kier molecular flexibility index (Phi) is 2.92. The average molecular weight is 287 g/mol. The van der Waals surface area contributed by atoms with Gasteiger partial charge in [0.15, 0.2) is 5.82 Å². The molecule has 0 atom stereocenters. The zero-order chi connectivity index (χ0) is 14.6. The number of aromatic amines is 1. The summed E-state index contributed by atoms with van der Waals surface area (Å²) < 4.78 is 0. The summed E-state index contributed by atoms with van der Waals surface area (Å²) in [5, 5.41) is 10.4. The van der Waals surface area contributed by atoms with Gasteiger partial charge in [-0.1, -0.05) is 13.8 Å². The molecule has 1 amide bonds. The van der Waals surface area contributed by atoms with Crippen molar-refractivity contribution in [1.82, 2.24) is 10.2 Å². The molecule has 1 aromatic heterocycles. The van der Waals surface area contributed by atoms with E-state index < -0.39 is 0 Å². The number of carbonyl (C=O) groups is 1. The normalized spacial score (nSPS) is 37.2. The van der Waals surface area contributed by atoms with Crippen LogP contribution in [-0.2, 0) is 4.79 Å². The van der Waals surface area contributed by atoms with Crippen LogP contribution in [-0.4, -0.2) is 16.1 Å². The SMILES string of the molecule is CC(C)c1cc(NC(=O)C23CC4CC(CC(C4)C2)C3)n[nH]1. The summed E-state index contributed by atoms with van der Waals surface area (Å²) in [6.07, 6.45) is 7.41. The second kappa shape index (κ2) is 4.59. The van der Waals surface area contributed by atoms with Crippen LogP contribution in [0.25, 0.3) is 0 Å². The maximum atomic E-state index is 12.9. The number of nitrogens with one attached hydrogen (secondary N) is 2. The Bertz CT molecular complexity index is 525. The van der Waals surface area contributed by atoms with Crippen LogP contribution in [0.3, 0.4) is 0 Å². The Morgan fingerprint density at radius 2 is 1.81 bits per heavy atom. The van der Waals surface area contributed by atoms with Gasteiger partial charge in [0.05, 0.1) is 5.41 Å². The van der Waals surface area contributed by atoms with Gasteiger partial charge in [-0.3, -0.25) is 9.89 Å². The van der Waals surface area contributed by atoms with Crippen LogP contribution >= 0.6 is 0 Å². The first kappa shape index (κ1) is 13.4. The topological polar surface area (TPSA) is 57.8 Å². The van der Waals surface area contributed by atoms with Crippen molar-refractivity contribution in [2.24, 2.45) is 23.2 Å². The number of carbonyl (C=O) groups excluding carboxylic acids is 1. The van der Waals surface area contributed by atoms with Gasteiger partial charge in [0.25, 0.3) is 0 Å². The van der Waals surface area contributed by atoms with Gasteiger partial charge in [-0.2, -0.15) is 5.10 Å². The number of amides is 1. The molecular formula is C17H25N3O. The Hall–Kier alpha value is -1.32. The molecule has 1 aromatic rings. The van der Waals surface area contributed by atoms with Gasteiger partial charge in [-0.15, -0.1) is 0 Å². The molecule has 0 spiro atoms. The highest BCUT2D eigenvalue weighted by molar-refractivity contribution is 5.95. The summed E-state index contributed by atoms with van der Waals surface area (Å²) in [4.78, 5) is 12.9. The molecule has 0 aromatic carbocycles. The fourth-order valence-corrected chi connectivity index (χ4v) is 5.33. The van der Waals surface area contributed by atoms with Crippen LogP contribution in [0.1, 0.15) is 64.0 Å². The minimum Gasteiger partial charge on any atom is -0.309 e. The summed E-state index contributed by atoms with van der Waals surface area (Å²) in [6, 6.07) is 1.98. The monoisotopic (exact) mass is 287 g/mol. The Morgan fingerprint density at radius 3 is 2.29 bits per heavy atom. The zero-order valence-electron chi connectivity index (χ0n) is 13.0. The van der Waals surface area contributed by atoms with E-state index in [0.29, 0.717) is 11.7 Å². The van der Waals surface area contributed by atoms with Crippen molar-refractivity contribution < 1.29 is 4.79 Å². The number of hydrogen-bond acceptors (Lipinski definition) is 2. The molecule has 4 saturated carbocycles. The standard InChI is InChI=1S/C17H25N3O/c1-10(2)14-6-15(20-19-14)18-16(21)17-7-11-3-12(8-17)5-13(4-11)9-17/h6,10-13H,3-5,7-9H2,1-2H3,(H2,18,19,20,21). The number of nitrogens with zero attached hydrogens (tertiary/aromatic N) is 1. The van der Waals surface area contributed by atoms with Crippen LogP contribution in [0.5, 0.6) is 0 Å². The third-order valence-corrected chi connectivity index (χ3v) is 5.98. The molecule has 0 aliphatic heterocycles. The maximum absolute atomic E-state index is 12.9. The number of H-pyrrole nitrogens is 1. The minimum atomic E-state index is -0.0916. The van der Waals surface area contributed by atoms with E-state index >= 15 is 0 Å². The molecule has 4 aliphatic rings. The Morgan fingerprint density at radius 1 is 1.24 bits per heavy atom. The lowest BCUT2D eigenvalue weighted by molar-refractivity contribution is -0.140. The number of hydrogen-bond donors (Lipinski definition) is 2. The smallest absolute Gasteiger partial charge is 0.231 e. The molecule has 4 heteroatoms. The van der Waals surface area contributed by atoms with E-state index in [2.05, 4.69) is 29.4 Å². The van der Waals surface area contributed by atoms with Crippen molar-refractivity contribution in [3.05, 3.63) is 11.8 Å². The first-order valence-electron chi connectivity index (χ1n) is 8.41. The van der Waals surface area contributed by atoms with Crippen molar-refractivity contribution >= 4 is 11.7 Å². The molecular weight excluding hydrogens is 262 g/mol. The fraction of sp³-hybridized carbons (Fsp3) is 0.765.